The molecular weight excluding hydrogens is 1140 g/mol. The van der Waals surface area contributed by atoms with Gasteiger partial charge in [-0.1, -0.05) is 41.6 Å². The first-order chi connectivity index (χ1) is 41.0. The van der Waals surface area contributed by atoms with Crippen molar-refractivity contribution in [2.75, 3.05) is 92.3 Å². The number of nitrogens with one attached hydrogen (secondary N) is 3. The number of para-hydroxylation sites is 1. The third-order valence-electron chi connectivity index (χ3n) is 14.1. The van der Waals surface area contributed by atoms with E-state index in [9.17, 15) is 50.6 Å². The second-order valence-electron chi connectivity index (χ2n) is 20.4. The van der Waals surface area contributed by atoms with Crippen molar-refractivity contribution in [1.29, 1.82) is 5.26 Å². The monoisotopic (exact) mass is 1210 g/mol. The van der Waals surface area contributed by atoms with Crippen LogP contribution >= 0.6 is 0 Å². The molecule has 4 heterocycles. The van der Waals surface area contributed by atoms with Crippen molar-refractivity contribution in [1.82, 2.24) is 51.0 Å². The molecule has 5 aromatic rings. The van der Waals surface area contributed by atoms with Crippen LogP contribution in [-0.2, 0) is 69.2 Å². The highest BCUT2D eigenvalue weighted by molar-refractivity contribution is 7.86. The van der Waals surface area contributed by atoms with Crippen LogP contribution in [0, 0.1) is 18.3 Å². The predicted octanol–water partition coefficient (Wildman–Crippen LogP) is 5.08. The molecule has 7 rings (SSSR count). The Morgan fingerprint density at radius 1 is 0.859 bits per heavy atom. The number of nitrogens with zero attached hydrogens (tertiary/aromatic N) is 8. The number of ether oxygens (including phenoxy) is 6. The molecule has 1 saturated heterocycles. The summed E-state index contributed by atoms with van der Waals surface area (Å²) in [6.07, 6.45) is 5.51. The minimum Gasteiger partial charge on any atom is -0.491 e. The maximum absolute atomic E-state index is 13.8. The number of carbonyl (C=O) groups excluding carboxylic acids is 4. The lowest BCUT2D eigenvalue weighted by Crippen LogP contribution is -2.43. The summed E-state index contributed by atoms with van der Waals surface area (Å²) in [5.74, 6) is -4.38. The zero-order valence-corrected chi connectivity index (χ0v) is 48.2. The Balaban J connectivity index is 0.680. The van der Waals surface area contributed by atoms with Crippen LogP contribution in [0.25, 0.3) is 22.2 Å². The largest absolute Gasteiger partial charge is 0.491 e. The summed E-state index contributed by atoms with van der Waals surface area (Å²) in [6.45, 7) is 3.44. The smallest absolute Gasteiger partial charge is 0.407 e. The summed E-state index contributed by atoms with van der Waals surface area (Å²) in [6, 6.07) is 14.7. The van der Waals surface area contributed by atoms with Crippen molar-refractivity contribution in [3.63, 3.8) is 0 Å². The Bertz CT molecular complexity index is 3170. The van der Waals surface area contributed by atoms with Gasteiger partial charge in [-0.05, 0) is 87.1 Å². The number of alkyl carbamates (subject to hydrolysis) is 1. The Morgan fingerprint density at radius 2 is 1.60 bits per heavy atom. The van der Waals surface area contributed by atoms with Gasteiger partial charge in [0.15, 0.2) is 0 Å². The first-order valence-corrected chi connectivity index (χ1v) is 29.8. The molecule has 1 aliphatic carbocycles. The van der Waals surface area contributed by atoms with Gasteiger partial charge in [0.25, 0.3) is 21.9 Å². The number of alkyl halides is 3. The molecule has 0 bridgehead atoms. The molecule has 2 aromatic carbocycles. The molecule has 85 heavy (non-hydrogen) atoms. The number of fused-ring (bicyclic) bond motifs is 2. The third kappa shape index (κ3) is 20.4. The van der Waals surface area contributed by atoms with Gasteiger partial charge in [0, 0.05) is 55.7 Å². The fourth-order valence-electron chi connectivity index (χ4n) is 9.80. The third-order valence-corrected chi connectivity index (χ3v) is 15.4. The zero-order valence-electron chi connectivity index (χ0n) is 47.4. The molecule has 3 aromatic heterocycles. The number of hydrogen-bond donors (Lipinski definition) is 4. The topological polar surface area (TPSA) is 311 Å². The van der Waals surface area contributed by atoms with E-state index in [-0.39, 0.29) is 69.6 Å². The van der Waals surface area contributed by atoms with Crippen LogP contribution in [0.3, 0.4) is 0 Å². The first kappa shape index (κ1) is 65.1. The second kappa shape index (κ2) is 32.7. The van der Waals surface area contributed by atoms with Crippen LogP contribution in [-0.4, -0.2) is 187 Å². The molecule has 0 radical (unpaired) electrons. The maximum atomic E-state index is 13.8. The van der Waals surface area contributed by atoms with E-state index in [1.54, 1.807) is 35.1 Å². The van der Waals surface area contributed by atoms with E-state index >= 15 is 0 Å². The van der Waals surface area contributed by atoms with E-state index in [1.807, 2.05) is 31.2 Å². The van der Waals surface area contributed by atoms with Crippen molar-refractivity contribution in [2.45, 2.75) is 107 Å². The summed E-state index contributed by atoms with van der Waals surface area (Å²) >= 11 is 0. The highest BCUT2D eigenvalue weighted by atomic mass is 32.2. The van der Waals surface area contributed by atoms with Gasteiger partial charge in [-0.15, -0.1) is 10.2 Å². The van der Waals surface area contributed by atoms with Gasteiger partial charge >= 0.3 is 6.09 Å². The average Bonchev–Trinajstić information content (AvgIpc) is 3.67. The van der Waals surface area contributed by atoms with Crippen LogP contribution in [0.2, 0.25) is 0 Å². The lowest BCUT2D eigenvalue weighted by Gasteiger charge is -2.24. The van der Waals surface area contributed by atoms with E-state index in [0.717, 1.165) is 51.4 Å². The number of aryl methyl sites for hydroxylation is 1. The van der Waals surface area contributed by atoms with Gasteiger partial charge in [0.1, 0.15) is 23.4 Å². The fraction of sp³-hybridized carbons (Fsp3) is 0.544. The quantitative estimate of drug-likeness (QED) is 0.0314. The molecule has 4 amide bonds. The number of aromatic nitrogens is 6. The molecular formula is C57H72F3N11O13S. The molecule has 28 heteroatoms. The van der Waals surface area contributed by atoms with E-state index in [1.165, 1.54) is 12.3 Å². The Labute approximate surface area is 490 Å². The lowest BCUT2D eigenvalue weighted by molar-refractivity contribution is -0.131. The molecule has 0 spiro atoms. The summed E-state index contributed by atoms with van der Waals surface area (Å²) < 4.78 is 109. The molecule has 2 unspecified atom stereocenters. The van der Waals surface area contributed by atoms with Gasteiger partial charge < -0.3 is 49.3 Å². The number of amides is 4. The predicted molar refractivity (Wildman–Crippen MR) is 301 cm³/mol. The van der Waals surface area contributed by atoms with E-state index in [2.05, 4.69) is 41.4 Å². The standard InChI is InChI=1S/C57H72F3N11O13S/c1-39-46-8-2-6-44(15-16-48(46)53(68-66-39)41-13-11-40(12-14-41)36-70-37-42(67-69-70)32-45(7-4-19-58)85(76,77)78)84-56(75)64-22-25-80-27-29-82-31-30-81-28-26-79-24-18-51(72)62-20-5-23-83-50-10-3-9-47-49(17-21-63-54(47)50)55(74)65-35-52(73)71-38-57(59,60)33-43(71)34-61/h3,9-14,17,21,37,43-45H,2,4-8,15-16,18-20,22-33,35-36,38H2,1H3,(H,62,72)(H,64,75)(H,65,74)(H,76,77,78)/t43-,44?,45?/m0/s1. The molecule has 460 valence electrons. The summed E-state index contributed by atoms with van der Waals surface area (Å²) in [4.78, 5) is 55.9. The average molecular weight is 1210 g/mol. The number of nitriles is 1. The maximum Gasteiger partial charge on any atom is 0.407 e. The van der Waals surface area contributed by atoms with Crippen LogP contribution in [0.1, 0.15) is 89.8 Å². The van der Waals surface area contributed by atoms with Gasteiger partial charge in [0.05, 0.1) is 120 Å². The van der Waals surface area contributed by atoms with Gasteiger partial charge in [-0.2, -0.15) is 18.8 Å². The second-order valence-corrected chi connectivity index (χ2v) is 22.1. The van der Waals surface area contributed by atoms with Crippen molar-refractivity contribution < 1.29 is 73.7 Å². The van der Waals surface area contributed by atoms with Crippen LogP contribution in [0.5, 0.6) is 5.75 Å². The Kier molecular flexibility index (Phi) is 25.1. The van der Waals surface area contributed by atoms with E-state index in [4.69, 9.17) is 28.4 Å². The Hall–Kier alpha value is -7.42. The minimum absolute atomic E-state index is 0.0143. The highest BCUT2D eigenvalue weighted by Crippen LogP contribution is 2.33. The van der Waals surface area contributed by atoms with Crippen molar-refractivity contribution in [3.8, 4) is 23.1 Å². The number of likely N-dealkylation sites (tertiary alicyclic amines) is 1. The number of pyridine rings is 1. The van der Waals surface area contributed by atoms with Gasteiger partial charge in [-0.25, -0.2) is 18.3 Å². The summed E-state index contributed by atoms with van der Waals surface area (Å²) in [5.41, 5.74) is 6.60. The summed E-state index contributed by atoms with van der Waals surface area (Å²) in [7, 11) is -4.37. The van der Waals surface area contributed by atoms with Gasteiger partial charge in [0.2, 0.25) is 11.8 Å². The molecule has 1 aliphatic heterocycles. The molecule has 24 nitrogen and oxygen atoms in total. The lowest BCUT2D eigenvalue weighted by atomic mass is 9.89. The number of hydrogen-bond acceptors (Lipinski definition) is 18. The number of halogens is 3. The van der Waals surface area contributed by atoms with Crippen molar-refractivity contribution >= 4 is 44.8 Å². The van der Waals surface area contributed by atoms with Crippen molar-refractivity contribution in [3.05, 3.63) is 94.6 Å². The molecule has 0 saturated carbocycles. The zero-order chi connectivity index (χ0) is 60.6. The van der Waals surface area contributed by atoms with Crippen LogP contribution in [0.4, 0.5) is 18.0 Å². The number of carbonyl (C=O) groups is 4. The molecule has 2 aliphatic rings. The minimum atomic E-state index is -4.37. The molecule has 1 fully saturated rings. The normalized spacial score (nSPS) is 16.2. The Morgan fingerprint density at radius 3 is 2.33 bits per heavy atom. The molecule has 4 N–H and O–H groups in total. The number of rotatable bonds is 33. The number of benzene rings is 2. The van der Waals surface area contributed by atoms with Crippen LogP contribution in [0.15, 0.2) is 60.9 Å². The van der Waals surface area contributed by atoms with E-state index < -0.39 is 71.4 Å². The van der Waals surface area contributed by atoms with Gasteiger partial charge in [-0.3, -0.25) is 28.3 Å². The van der Waals surface area contributed by atoms with E-state index in [0.29, 0.717) is 101 Å². The van der Waals surface area contributed by atoms with Crippen molar-refractivity contribution in [2.24, 2.45) is 0 Å². The SMILES string of the molecule is Cc1nnc(-c2ccc(Cn3cc(CC(CCCF)S(=O)(=O)O)nn3)cc2)c2c1CCCC(OC(=O)NCCOCCOCCOCCOCCC(=O)NCCCOc1cccc3c(C(=O)NCC(=O)N4CC(F)(F)C[C@H]4C#N)ccnc13)CC2. The first-order valence-electron chi connectivity index (χ1n) is 28.2. The fourth-order valence-corrected chi connectivity index (χ4v) is 10.6. The highest BCUT2D eigenvalue weighted by Gasteiger charge is 2.47. The van der Waals surface area contributed by atoms with Crippen LogP contribution < -0.4 is 20.7 Å². The molecule has 3 atom stereocenters. The summed E-state index contributed by atoms with van der Waals surface area (Å²) in [5, 5.41) is 33.7.